The van der Waals surface area contributed by atoms with Crippen LogP contribution < -0.4 is 15.6 Å². The summed E-state index contributed by atoms with van der Waals surface area (Å²) in [5.74, 6) is 0.526. The number of carbonyl (C=O) groups is 1. The van der Waals surface area contributed by atoms with Gasteiger partial charge in [-0.15, -0.1) is 0 Å². The van der Waals surface area contributed by atoms with Crippen molar-refractivity contribution in [2.45, 2.75) is 6.92 Å². The second-order valence-corrected chi connectivity index (χ2v) is 5.44. The molecule has 1 aromatic carbocycles. The first-order chi connectivity index (χ1) is 12.1. The molecule has 2 aromatic heterocycles. The van der Waals surface area contributed by atoms with Gasteiger partial charge >= 0.3 is 6.01 Å². The van der Waals surface area contributed by atoms with Crippen molar-refractivity contribution in [1.29, 1.82) is 0 Å². The molecule has 0 aliphatic carbocycles. The summed E-state index contributed by atoms with van der Waals surface area (Å²) in [5, 5.41) is 4.44. The van der Waals surface area contributed by atoms with Gasteiger partial charge in [-0.1, -0.05) is 16.8 Å². The standard InChI is InChI=1S/C16H14ClN5O3/c1-10-8-12(2-3-13(10)17)24-9-14(23)20-21-16-19-15(22-25-16)11-4-6-18-7-5-11/h2-8H,9H2,1H3,(H,20,23)(H,19,21,22). The van der Waals surface area contributed by atoms with E-state index in [2.05, 4.69) is 26.0 Å². The van der Waals surface area contributed by atoms with Crippen LogP contribution in [0.2, 0.25) is 5.02 Å². The molecule has 0 aliphatic heterocycles. The Labute approximate surface area is 148 Å². The van der Waals surface area contributed by atoms with Crippen LogP contribution in [0, 0.1) is 6.92 Å². The molecule has 0 radical (unpaired) electrons. The van der Waals surface area contributed by atoms with E-state index in [9.17, 15) is 4.79 Å². The average Bonchev–Trinajstić information content (AvgIpc) is 3.11. The molecule has 0 saturated heterocycles. The van der Waals surface area contributed by atoms with Crippen LogP contribution in [0.1, 0.15) is 5.56 Å². The number of anilines is 1. The molecular weight excluding hydrogens is 346 g/mol. The molecular formula is C16H14ClN5O3. The van der Waals surface area contributed by atoms with Crippen LogP contribution in [-0.4, -0.2) is 27.6 Å². The molecule has 1 amide bonds. The number of amides is 1. The molecule has 0 unspecified atom stereocenters. The lowest BCUT2D eigenvalue weighted by atomic mass is 10.2. The zero-order valence-corrected chi connectivity index (χ0v) is 13.9. The molecule has 2 heterocycles. The average molecular weight is 360 g/mol. The van der Waals surface area contributed by atoms with Gasteiger partial charge in [-0.2, -0.15) is 4.98 Å². The second kappa shape index (κ2) is 7.63. The Bertz CT molecular complexity index is 869. The van der Waals surface area contributed by atoms with Crippen LogP contribution in [-0.2, 0) is 4.79 Å². The number of hydrogen-bond donors (Lipinski definition) is 2. The number of ether oxygens (including phenoxy) is 1. The van der Waals surface area contributed by atoms with Crippen molar-refractivity contribution in [1.82, 2.24) is 20.6 Å². The summed E-state index contributed by atoms with van der Waals surface area (Å²) >= 11 is 5.94. The van der Waals surface area contributed by atoms with E-state index in [4.69, 9.17) is 20.9 Å². The fourth-order valence-corrected chi connectivity index (χ4v) is 2.03. The number of aromatic nitrogens is 3. The van der Waals surface area contributed by atoms with Gasteiger partial charge < -0.3 is 9.26 Å². The van der Waals surface area contributed by atoms with Gasteiger partial charge in [-0.3, -0.25) is 15.2 Å². The Morgan fingerprint density at radius 2 is 2.08 bits per heavy atom. The van der Waals surface area contributed by atoms with Gasteiger partial charge in [0, 0.05) is 23.0 Å². The van der Waals surface area contributed by atoms with Crippen molar-refractivity contribution in [3.63, 3.8) is 0 Å². The molecule has 25 heavy (non-hydrogen) atoms. The minimum atomic E-state index is -0.406. The maximum absolute atomic E-state index is 11.8. The molecule has 3 aromatic rings. The van der Waals surface area contributed by atoms with Gasteiger partial charge in [0.05, 0.1) is 0 Å². The fourth-order valence-electron chi connectivity index (χ4n) is 1.91. The highest BCUT2D eigenvalue weighted by atomic mass is 35.5. The van der Waals surface area contributed by atoms with Gasteiger partial charge in [-0.25, -0.2) is 5.43 Å². The van der Waals surface area contributed by atoms with Crippen LogP contribution in [0.15, 0.2) is 47.2 Å². The number of halogens is 1. The first-order valence-electron chi connectivity index (χ1n) is 7.30. The van der Waals surface area contributed by atoms with E-state index in [1.165, 1.54) is 0 Å². The van der Waals surface area contributed by atoms with Crippen molar-refractivity contribution >= 4 is 23.5 Å². The van der Waals surface area contributed by atoms with Crippen LogP contribution in [0.4, 0.5) is 6.01 Å². The molecule has 9 heteroatoms. The topological polar surface area (TPSA) is 102 Å². The number of aryl methyl sites for hydroxylation is 1. The lowest BCUT2D eigenvalue weighted by molar-refractivity contribution is -0.122. The molecule has 0 spiro atoms. The van der Waals surface area contributed by atoms with Crippen LogP contribution in [0.3, 0.4) is 0 Å². The van der Waals surface area contributed by atoms with E-state index >= 15 is 0 Å². The summed E-state index contributed by atoms with van der Waals surface area (Å²) < 4.78 is 10.4. The molecule has 8 nitrogen and oxygen atoms in total. The number of carbonyl (C=O) groups excluding carboxylic acids is 1. The smallest absolute Gasteiger partial charge is 0.340 e. The largest absolute Gasteiger partial charge is 0.484 e. The van der Waals surface area contributed by atoms with Crippen molar-refractivity contribution in [3.8, 4) is 17.1 Å². The predicted octanol–water partition coefficient (Wildman–Crippen LogP) is 2.62. The van der Waals surface area contributed by atoms with Crippen LogP contribution in [0.5, 0.6) is 5.75 Å². The lowest BCUT2D eigenvalue weighted by Crippen LogP contribution is -2.33. The number of pyridine rings is 1. The van der Waals surface area contributed by atoms with Crippen molar-refractivity contribution < 1.29 is 14.1 Å². The molecule has 128 valence electrons. The molecule has 3 rings (SSSR count). The summed E-state index contributed by atoms with van der Waals surface area (Å²) in [5.41, 5.74) is 6.56. The molecule has 0 fully saturated rings. The first kappa shape index (κ1) is 16.7. The van der Waals surface area contributed by atoms with E-state index in [0.717, 1.165) is 11.1 Å². The third-order valence-corrected chi connectivity index (χ3v) is 3.60. The number of rotatable bonds is 6. The molecule has 2 N–H and O–H groups in total. The van der Waals surface area contributed by atoms with Gasteiger partial charge in [-0.05, 0) is 42.8 Å². The third kappa shape index (κ3) is 4.45. The maximum atomic E-state index is 11.8. The van der Waals surface area contributed by atoms with Crippen LogP contribution >= 0.6 is 11.6 Å². The maximum Gasteiger partial charge on any atom is 0.340 e. The minimum Gasteiger partial charge on any atom is -0.484 e. The number of nitrogens with one attached hydrogen (secondary N) is 2. The summed E-state index contributed by atoms with van der Waals surface area (Å²) in [6, 6.07) is 8.70. The fraction of sp³-hybridized carbons (Fsp3) is 0.125. The zero-order chi connectivity index (χ0) is 17.6. The third-order valence-electron chi connectivity index (χ3n) is 3.17. The summed E-state index contributed by atoms with van der Waals surface area (Å²) in [6.45, 7) is 1.67. The number of nitrogens with zero attached hydrogens (tertiary/aromatic N) is 3. The number of hydrogen-bond acceptors (Lipinski definition) is 7. The normalized spacial score (nSPS) is 10.3. The van der Waals surface area contributed by atoms with Crippen LogP contribution in [0.25, 0.3) is 11.4 Å². The quantitative estimate of drug-likeness (QED) is 0.652. The molecule has 0 bridgehead atoms. The summed E-state index contributed by atoms with van der Waals surface area (Å²) in [4.78, 5) is 19.8. The van der Waals surface area contributed by atoms with Crippen molar-refractivity contribution in [2.24, 2.45) is 0 Å². The second-order valence-electron chi connectivity index (χ2n) is 5.03. The number of hydrazine groups is 1. The van der Waals surface area contributed by atoms with Gasteiger partial charge in [0.15, 0.2) is 6.61 Å². The Morgan fingerprint density at radius 3 is 2.84 bits per heavy atom. The Hall–Kier alpha value is -3.13. The Balaban J connectivity index is 1.49. The predicted molar refractivity (Wildman–Crippen MR) is 91.0 cm³/mol. The zero-order valence-electron chi connectivity index (χ0n) is 13.2. The highest BCUT2D eigenvalue weighted by molar-refractivity contribution is 6.31. The van der Waals surface area contributed by atoms with Crippen molar-refractivity contribution in [2.75, 3.05) is 12.0 Å². The Morgan fingerprint density at radius 1 is 1.28 bits per heavy atom. The molecule has 0 atom stereocenters. The highest BCUT2D eigenvalue weighted by Crippen LogP contribution is 2.21. The van der Waals surface area contributed by atoms with E-state index in [0.29, 0.717) is 16.6 Å². The van der Waals surface area contributed by atoms with E-state index in [1.54, 1.807) is 42.7 Å². The summed E-state index contributed by atoms with van der Waals surface area (Å²) in [6.07, 6.45) is 3.24. The summed E-state index contributed by atoms with van der Waals surface area (Å²) in [7, 11) is 0. The molecule has 0 aliphatic rings. The van der Waals surface area contributed by atoms with Crippen molar-refractivity contribution in [3.05, 3.63) is 53.3 Å². The van der Waals surface area contributed by atoms with Gasteiger partial charge in [0.25, 0.3) is 5.91 Å². The van der Waals surface area contributed by atoms with E-state index in [1.807, 2.05) is 6.92 Å². The highest BCUT2D eigenvalue weighted by Gasteiger charge is 2.09. The Kier molecular flexibility index (Phi) is 5.10. The first-order valence-corrected chi connectivity index (χ1v) is 7.67. The number of benzene rings is 1. The monoisotopic (exact) mass is 359 g/mol. The lowest BCUT2D eigenvalue weighted by Gasteiger charge is -2.08. The van der Waals surface area contributed by atoms with E-state index < -0.39 is 5.91 Å². The van der Waals surface area contributed by atoms with Gasteiger partial charge in [0.2, 0.25) is 5.82 Å². The minimum absolute atomic E-state index is 0.0579. The SMILES string of the molecule is Cc1cc(OCC(=O)NNc2nc(-c3ccncc3)no2)ccc1Cl. The van der Waals surface area contributed by atoms with E-state index in [-0.39, 0.29) is 12.6 Å². The molecule has 0 saturated carbocycles. The van der Waals surface area contributed by atoms with Gasteiger partial charge in [0.1, 0.15) is 5.75 Å².